The molecule has 2 aromatic carbocycles. The lowest BCUT2D eigenvalue weighted by atomic mass is 10.0. The first kappa shape index (κ1) is 21.7. The van der Waals surface area contributed by atoms with E-state index in [9.17, 15) is 0 Å². The summed E-state index contributed by atoms with van der Waals surface area (Å²) in [5, 5.41) is 1.98. The van der Waals surface area contributed by atoms with Crippen molar-refractivity contribution in [1.29, 1.82) is 0 Å². The highest BCUT2D eigenvalue weighted by Crippen LogP contribution is 2.28. The average Bonchev–Trinajstić information content (AvgIpc) is 2.82. The quantitative estimate of drug-likeness (QED) is 0.403. The van der Waals surface area contributed by atoms with Gasteiger partial charge in [-0.3, -0.25) is 0 Å². The third-order valence-electron chi connectivity index (χ3n) is 6.41. The summed E-state index contributed by atoms with van der Waals surface area (Å²) < 4.78 is 0. The number of aryl methyl sites for hydroxylation is 3. The highest BCUT2D eigenvalue weighted by Gasteiger charge is 2.23. The van der Waals surface area contributed by atoms with E-state index in [1.54, 1.807) is 0 Å². The van der Waals surface area contributed by atoms with E-state index < -0.39 is 0 Å². The summed E-state index contributed by atoms with van der Waals surface area (Å²) in [6.45, 7) is 9.84. The lowest BCUT2D eigenvalue weighted by molar-refractivity contribution is 0.637. The van der Waals surface area contributed by atoms with E-state index >= 15 is 0 Å². The Morgan fingerprint density at radius 3 is 2.27 bits per heavy atom. The monoisotopic (exact) mass is 457 g/mol. The maximum atomic E-state index is 6.08. The van der Waals surface area contributed by atoms with E-state index in [0.717, 1.165) is 66.3 Å². The minimum absolute atomic E-state index is 0.754. The average molecular weight is 458 g/mol. The Kier molecular flexibility index (Phi) is 5.90. The van der Waals surface area contributed by atoms with Crippen LogP contribution in [-0.2, 0) is 6.42 Å². The highest BCUT2D eigenvalue weighted by atomic mass is 35.5. The van der Waals surface area contributed by atoms with Crippen molar-refractivity contribution >= 4 is 34.1 Å². The van der Waals surface area contributed by atoms with Gasteiger partial charge in [-0.25, -0.2) is 15.0 Å². The van der Waals surface area contributed by atoms with Crippen molar-refractivity contribution in [1.82, 2.24) is 15.0 Å². The molecule has 5 rings (SSSR count). The number of pyridine rings is 1. The minimum Gasteiger partial charge on any atom is -0.353 e. The van der Waals surface area contributed by atoms with Gasteiger partial charge in [0.15, 0.2) is 0 Å². The van der Waals surface area contributed by atoms with Crippen LogP contribution in [0.1, 0.15) is 28.2 Å². The Morgan fingerprint density at radius 1 is 0.818 bits per heavy atom. The highest BCUT2D eigenvalue weighted by molar-refractivity contribution is 6.30. The fourth-order valence-corrected chi connectivity index (χ4v) is 4.76. The number of aromatic nitrogens is 3. The predicted molar refractivity (Wildman–Crippen MR) is 137 cm³/mol. The van der Waals surface area contributed by atoms with Gasteiger partial charge < -0.3 is 9.80 Å². The molecule has 1 aliphatic heterocycles. The maximum absolute atomic E-state index is 6.08. The Bertz CT molecular complexity index is 1290. The molecule has 33 heavy (non-hydrogen) atoms. The molecule has 0 saturated carbocycles. The van der Waals surface area contributed by atoms with E-state index in [0.29, 0.717) is 0 Å². The van der Waals surface area contributed by atoms with E-state index in [-0.39, 0.29) is 0 Å². The smallest absolute Gasteiger partial charge is 0.136 e. The number of nitrogens with zero attached hydrogens (tertiary/aromatic N) is 5. The molecular weight excluding hydrogens is 430 g/mol. The number of anilines is 2. The Labute approximate surface area is 200 Å². The molecule has 0 unspecified atom stereocenters. The Balaban J connectivity index is 1.38. The fraction of sp³-hybridized carbons (Fsp3) is 0.296. The first-order valence-corrected chi connectivity index (χ1v) is 11.8. The van der Waals surface area contributed by atoms with Crippen LogP contribution in [0.3, 0.4) is 0 Å². The largest absolute Gasteiger partial charge is 0.353 e. The zero-order chi connectivity index (χ0) is 22.9. The standard InChI is InChI=1S/C27H28ClN5/c1-18-16-26(31-25-7-5-4-6-23(18)25)32-12-14-33(15-13-32)27-24(19(2)29-20(3)30-27)17-21-8-10-22(28)11-9-21/h4-11,16H,12-15,17H2,1-3H3. The lowest BCUT2D eigenvalue weighted by Crippen LogP contribution is -2.47. The third-order valence-corrected chi connectivity index (χ3v) is 6.66. The van der Waals surface area contributed by atoms with E-state index in [4.69, 9.17) is 21.6 Å². The number of halogens is 1. The van der Waals surface area contributed by atoms with E-state index in [1.807, 2.05) is 19.1 Å². The molecule has 0 aliphatic carbocycles. The summed E-state index contributed by atoms with van der Waals surface area (Å²) in [4.78, 5) is 19.3. The van der Waals surface area contributed by atoms with Crippen molar-refractivity contribution in [2.24, 2.45) is 0 Å². The number of benzene rings is 2. The van der Waals surface area contributed by atoms with Gasteiger partial charge in [-0.15, -0.1) is 0 Å². The minimum atomic E-state index is 0.754. The van der Waals surface area contributed by atoms with Crippen molar-refractivity contribution < 1.29 is 0 Å². The zero-order valence-electron chi connectivity index (χ0n) is 19.3. The van der Waals surface area contributed by atoms with Crippen LogP contribution >= 0.6 is 11.6 Å². The van der Waals surface area contributed by atoms with Crippen LogP contribution in [0, 0.1) is 20.8 Å². The second kappa shape index (κ2) is 8.99. The summed E-state index contributed by atoms with van der Waals surface area (Å²) >= 11 is 6.08. The first-order chi connectivity index (χ1) is 16.0. The van der Waals surface area contributed by atoms with E-state index in [2.05, 4.69) is 71.1 Å². The van der Waals surface area contributed by atoms with Crippen LogP contribution in [0.15, 0.2) is 54.6 Å². The molecule has 4 aromatic rings. The van der Waals surface area contributed by atoms with Gasteiger partial charge in [0, 0.05) is 54.3 Å². The second-order valence-corrected chi connectivity index (χ2v) is 9.19. The number of para-hydroxylation sites is 1. The van der Waals surface area contributed by atoms with E-state index in [1.165, 1.54) is 22.1 Å². The van der Waals surface area contributed by atoms with Crippen LogP contribution in [0.4, 0.5) is 11.6 Å². The molecule has 168 valence electrons. The zero-order valence-corrected chi connectivity index (χ0v) is 20.1. The molecule has 6 heteroatoms. The maximum Gasteiger partial charge on any atom is 0.136 e. The van der Waals surface area contributed by atoms with Gasteiger partial charge in [-0.1, -0.05) is 41.9 Å². The molecule has 0 atom stereocenters. The van der Waals surface area contributed by atoms with Crippen molar-refractivity contribution in [2.45, 2.75) is 27.2 Å². The number of fused-ring (bicyclic) bond motifs is 1. The molecule has 2 aromatic heterocycles. The first-order valence-electron chi connectivity index (χ1n) is 11.4. The molecule has 0 amide bonds. The SMILES string of the molecule is Cc1nc(C)c(Cc2ccc(Cl)cc2)c(N2CCN(c3cc(C)c4ccccc4n3)CC2)n1. The Hall–Kier alpha value is -3.18. The van der Waals surface area contributed by atoms with Gasteiger partial charge in [0.2, 0.25) is 0 Å². The summed E-state index contributed by atoms with van der Waals surface area (Å²) in [7, 11) is 0. The number of hydrogen-bond donors (Lipinski definition) is 0. The molecule has 3 heterocycles. The normalized spacial score (nSPS) is 14.2. The molecule has 0 spiro atoms. The molecule has 0 bridgehead atoms. The molecule has 5 nitrogen and oxygen atoms in total. The van der Waals surface area contributed by atoms with Crippen LogP contribution in [0.25, 0.3) is 10.9 Å². The summed E-state index contributed by atoms with van der Waals surface area (Å²) in [6.07, 6.45) is 0.796. The third kappa shape index (κ3) is 4.51. The molecule has 1 fully saturated rings. The number of rotatable bonds is 4. The summed E-state index contributed by atoms with van der Waals surface area (Å²) in [5.74, 6) is 2.93. The predicted octanol–water partition coefficient (Wildman–Crippen LogP) is 5.52. The molecular formula is C27H28ClN5. The van der Waals surface area contributed by atoms with Crippen LogP contribution < -0.4 is 9.80 Å². The number of piperazine rings is 1. The van der Waals surface area contributed by atoms with Crippen LogP contribution in [-0.4, -0.2) is 41.1 Å². The van der Waals surface area contributed by atoms with Gasteiger partial charge >= 0.3 is 0 Å². The van der Waals surface area contributed by atoms with Crippen molar-refractivity contribution in [3.05, 3.63) is 87.8 Å². The van der Waals surface area contributed by atoms with Gasteiger partial charge in [0.05, 0.1) is 5.52 Å². The number of hydrogen-bond acceptors (Lipinski definition) is 5. The molecule has 1 aliphatic rings. The van der Waals surface area contributed by atoms with Crippen LogP contribution in [0.2, 0.25) is 5.02 Å². The fourth-order valence-electron chi connectivity index (χ4n) is 4.63. The van der Waals surface area contributed by atoms with Gasteiger partial charge in [0.25, 0.3) is 0 Å². The van der Waals surface area contributed by atoms with Gasteiger partial charge in [-0.2, -0.15) is 0 Å². The second-order valence-electron chi connectivity index (χ2n) is 8.75. The van der Waals surface area contributed by atoms with Gasteiger partial charge in [0.1, 0.15) is 17.5 Å². The molecule has 0 N–H and O–H groups in total. The topological polar surface area (TPSA) is 45.2 Å². The summed E-state index contributed by atoms with van der Waals surface area (Å²) in [5.41, 5.74) is 5.77. The Morgan fingerprint density at radius 2 is 1.52 bits per heavy atom. The van der Waals surface area contributed by atoms with Crippen LogP contribution in [0.5, 0.6) is 0 Å². The molecule has 1 saturated heterocycles. The lowest BCUT2D eigenvalue weighted by Gasteiger charge is -2.37. The molecule has 0 radical (unpaired) electrons. The van der Waals surface area contributed by atoms with Crippen molar-refractivity contribution in [3.63, 3.8) is 0 Å². The van der Waals surface area contributed by atoms with Crippen molar-refractivity contribution in [3.8, 4) is 0 Å². The van der Waals surface area contributed by atoms with Crippen molar-refractivity contribution in [2.75, 3.05) is 36.0 Å². The summed E-state index contributed by atoms with van der Waals surface area (Å²) in [6, 6.07) is 18.6. The van der Waals surface area contributed by atoms with Gasteiger partial charge in [-0.05, 0) is 56.2 Å².